The van der Waals surface area contributed by atoms with Gasteiger partial charge in [0.05, 0.1) is 13.2 Å². The summed E-state index contributed by atoms with van der Waals surface area (Å²) in [5, 5.41) is 8.77. The van der Waals surface area contributed by atoms with E-state index in [-0.39, 0.29) is 18.1 Å². The lowest BCUT2D eigenvalue weighted by Crippen LogP contribution is -2.06. The maximum absolute atomic E-state index is 10.8. The highest BCUT2D eigenvalue weighted by Crippen LogP contribution is 2.04. The Morgan fingerprint density at radius 3 is 2.55 bits per heavy atom. The lowest BCUT2D eigenvalue weighted by molar-refractivity contribution is -0.138. The van der Waals surface area contributed by atoms with E-state index in [1.807, 2.05) is 0 Å². The average molecular weight is 155 g/mol. The smallest absolute Gasteiger partial charge is 0.339 e. The molecule has 0 saturated carbocycles. The van der Waals surface area contributed by atoms with Crippen LogP contribution in [0, 0.1) is 6.57 Å². The largest absolute Gasteiger partial charge is 0.523 e. The number of hydrogen-bond acceptors (Lipinski definition) is 3. The molecule has 60 valence electrons. The molecule has 0 rings (SSSR count). The molecule has 0 atom stereocenters. The van der Waals surface area contributed by atoms with Gasteiger partial charge in [0.2, 0.25) is 0 Å². The fourth-order valence-corrected chi connectivity index (χ4v) is 0.474. The number of aliphatic hydroxyl groups excluding tert-OH is 1. The third kappa shape index (κ3) is 2.72. The summed E-state index contributed by atoms with van der Waals surface area (Å²) in [6.45, 7) is 9.60. The van der Waals surface area contributed by atoms with Crippen molar-refractivity contribution >= 4 is 5.97 Å². The molecular weight excluding hydrogens is 146 g/mol. The molecule has 0 aromatic heterocycles. The van der Waals surface area contributed by atoms with E-state index < -0.39 is 5.97 Å². The Morgan fingerprint density at radius 1 is 1.73 bits per heavy atom. The molecule has 4 nitrogen and oxygen atoms in total. The lowest BCUT2D eigenvalue weighted by atomic mass is 10.4. The molecule has 4 heteroatoms. The van der Waals surface area contributed by atoms with E-state index in [0.29, 0.717) is 0 Å². The van der Waals surface area contributed by atoms with Gasteiger partial charge in [0.15, 0.2) is 0 Å². The number of rotatable bonds is 2. The predicted octanol–water partition coefficient (Wildman–Crippen LogP) is 1.26. The van der Waals surface area contributed by atoms with Gasteiger partial charge in [-0.2, -0.15) is 0 Å². The first-order valence-corrected chi connectivity index (χ1v) is 3.07. The van der Waals surface area contributed by atoms with Crippen LogP contribution in [0.5, 0.6) is 0 Å². The van der Waals surface area contributed by atoms with Gasteiger partial charge in [-0.05, 0) is 13.8 Å². The molecule has 0 bridgehead atoms. The third-order valence-electron chi connectivity index (χ3n) is 0.923. The molecule has 0 aromatic carbocycles. The number of carbonyl (C=O) groups is 1. The van der Waals surface area contributed by atoms with Crippen LogP contribution in [0.2, 0.25) is 0 Å². The second-order valence-corrected chi connectivity index (χ2v) is 1.77. The number of allylic oxidation sites excluding steroid dienone is 1. The molecule has 0 aliphatic heterocycles. The van der Waals surface area contributed by atoms with Gasteiger partial charge in [0.1, 0.15) is 5.76 Å². The zero-order chi connectivity index (χ0) is 8.85. The number of aliphatic hydroxyl groups is 1. The highest BCUT2D eigenvalue weighted by atomic mass is 16.5. The minimum absolute atomic E-state index is 0.200. The van der Waals surface area contributed by atoms with Crippen LogP contribution in [0.25, 0.3) is 4.85 Å². The summed E-state index contributed by atoms with van der Waals surface area (Å²) in [5.74, 6) is -1.08. The first-order valence-electron chi connectivity index (χ1n) is 3.07. The van der Waals surface area contributed by atoms with Gasteiger partial charge in [0, 0.05) is 0 Å². The van der Waals surface area contributed by atoms with E-state index in [1.54, 1.807) is 6.92 Å². The quantitative estimate of drug-likeness (QED) is 0.282. The molecule has 0 aliphatic carbocycles. The van der Waals surface area contributed by atoms with Crippen LogP contribution < -0.4 is 0 Å². The highest BCUT2D eigenvalue weighted by Gasteiger charge is 2.13. The molecule has 0 fully saturated rings. The van der Waals surface area contributed by atoms with Crippen molar-refractivity contribution in [3.8, 4) is 0 Å². The molecule has 0 radical (unpaired) electrons. The molecule has 11 heavy (non-hydrogen) atoms. The average Bonchev–Trinajstić information content (AvgIpc) is 1.88. The van der Waals surface area contributed by atoms with Crippen molar-refractivity contribution in [1.82, 2.24) is 0 Å². The van der Waals surface area contributed by atoms with Gasteiger partial charge >= 0.3 is 11.7 Å². The van der Waals surface area contributed by atoms with E-state index >= 15 is 0 Å². The van der Waals surface area contributed by atoms with E-state index in [4.69, 9.17) is 11.7 Å². The van der Waals surface area contributed by atoms with Crippen LogP contribution in [-0.2, 0) is 9.53 Å². The normalized spacial score (nSPS) is 11.4. The molecular formula is C7H9NO3. The summed E-state index contributed by atoms with van der Waals surface area (Å²) in [7, 11) is 0. The molecule has 0 saturated heterocycles. The SMILES string of the molecule is [C-]#[N+]/C(C(=O)OCC)=C(\C)O. The summed E-state index contributed by atoms with van der Waals surface area (Å²) in [4.78, 5) is 13.6. The standard InChI is InChI=1S/C7H9NO3/c1-4-11-7(10)6(8-3)5(2)9/h9H,4H2,1-2H3/b6-5+. The topological polar surface area (TPSA) is 50.9 Å². The van der Waals surface area contributed by atoms with Gasteiger partial charge in [-0.25, -0.2) is 4.85 Å². The van der Waals surface area contributed by atoms with Crippen LogP contribution in [0.15, 0.2) is 11.5 Å². The van der Waals surface area contributed by atoms with Crippen molar-refractivity contribution < 1.29 is 14.6 Å². The minimum atomic E-state index is -0.775. The molecule has 0 unspecified atom stereocenters. The Labute approximate surface area is 64.9 Å². The second-order valence-electron chi connectivity index (χ2n) is 1.77. The third-order valence-corrected chi connectivity index (χ3v) is 0.923. The Bertz CT molecular complexity index is 220. The van der Waals surface area contributed by atoms with Crippen LogP contribution in [0.3, 0.4) is 0 Å². The van der Waals surface area contributed by atoms with Crippen molar-refractivity contribution in [2.75, 3.05) is 6.61 Å². The zero-order valence-corrected chi connectivity index (χ0v) is 6.42. The van der Waals surface area contributed by atoms with Crippen molar-refractivity contribution in [1.29, 1.82) is 0 Å². The van der Waals surface area contributed by atoms with Gasteiger partial charge in [-0.1, -0.05) is 0 Å². The summed E-state index contributed by atoms with van der Waals surface area (Å²) < 4.78 is 4.49. The van der Waals surface area contributed by atoms with Gasteiger partial charge in [-0.15, -0.1) is 0 Å². The monoisotopic (exact) mass is 155 g/mol. The zero-order valence-electron chi connectivity index (χ0n) is 6.42. The van der Waals surface area contributed by atoms with Gasteiger partial charge in [-0.3, -0.25) is 4.79 Å². The van der Waals surface area contributed by atoms with Crippen LogP contribution >= 0.6 is 0 Å². The summed E-state index contributed by atoms with van der Waals surface area (Å²) >= 11 is 0. The van der Waals surface area contributed by atoms with Crippen LogP contribution in [0.4, 0.5) is 0 Å². The van der Waals surface area contributed by atoms with Crippen LogP contribution in [0.1, 0.15) is 13.8 Å². The lowest BCUT2D eigenvalue weighted by Gasteiger charge is -1.99. The second kappa shape index (κ2) is 4.34. The fraction of sp³-hybridized carbons (Fsp3) is 0.429. The van der Waals surface area contributed by atoms with E-state index in [2.05, 4.69) is 9.58 Å². The first kappa shape index (κ1) is 9.50. The summed E-state index contributed by atoms with van der Waals surface area (Å²) in [5.41, 5.74) is -0.355. The highest BCUT2D eigenvalue weighted by molar-refractivity contribution is 5.90. The fourth-order valence-electron chi connectivity index (χ4n) is 0.474. The molecule has 0 heterocycles. The van der Waals surface area contributed by atoms with Gasteiger partial charge in [0.25, 0.3) is 0 Å². The molecule has 1 N–H and O–H groups in total. The van der Waals surface area contributed by atoms with E-state index in [0.717, 1.165) is 0 Å². The molecule has 0 amide bonds. The van der Waals surface area contributed by atoms with Crippen molar-refractivity contribution in [3.63, 3.8) is 0 Å². The van der Waals surface area contributed by atoms with E-state index in [9.17, 15) is 4.79 Å². The Hall–Kier alpha value is -1.50. The Morgan fingerprint density at radius 2 is 2.27 bits per heavy atom. The molecule has 0 aromatic rings. The van der Waals surface area contributed by atoms with Crippen molar-refractivity contribution in [3.05, 3.63) is 22.9 Å². The van der Waals surface area contributed by atoms with Crippen molar-refractivity contribution in [2.45, 2.75) is 13.8 Å². The van der Waals surface area contributed by atoms with Crippen LogP contribution in [-0.4, -0.2) is 17.7 Å². The van der Waals surface area contributed by atoms with Gasteiger partial charge < -0.3 is 9.84 Å². The maximum atomic E-state index is 10.8. The predicted molar refractivity (Wildman–Crippen MR) is 38.6 cm³/mol. The minimum Gasteiger partial charge on any atom is -0.523 e. The summed E-state index contributed by atoms with van der Waals surface area (Å²) in [6, 6.07) is 0. The first-order chi connectivity index (χ1) is 5.13. The maximum Gasteiger partial charge on any atom is 0.339 e. The molecule has 0 aliphatic rings. The number of hydrogen-bond donors (Lipinski definition) is 1. The van der Waals surface area contributed by atoms with Crippen molar-refractivity contribution in [2.24, 2.45) is 0 Å². The number of nitrogens with zero attached hydrogens (tertiary/aromatic N) is 1. The number of carbonyl (C=O) groups excluding carboxylic acids is 1. The number of ether oxygens (including phenoxy) is 1. The summed E-state index contributed by atoms with van der Waals surface area (Å²) in [6.07, 6.45) is 0. The molecule has 0 spiro atoms. The van der Waals surface area contributed by atoms with E-state index in [1.165, 1.54) is 6.92 Å². The Balaban J connectivity index is 4.45. The number of esters is 1. The Kier molecular flexibility index (Phi) is 3.75.